The van der Waals surface area contributed by atoms with Crippen molar-refractivity contribution in [2.45, 2.75) is 31.8 Å². The van der Waals surface area contributed by atoms with E-state index in [9.17, 15) is 4.79 Å². The molecule has 1 amide bonds. The summed E-state index contributed by atoms with van der Waals surface area (Å²) >= 11 is 0. The molecule has 1 aliphatic rings. The zero-order valence-corrected chi connectivity index (χ0v) is 14.1. The molecule has 1 fully saturated rings. The maximum atomic E-state index is 12.2. The zero-order chi connectivity index (χ0) is 17.4. The number of nitrogens with one attached hydrogen (secondary N) is 1. The van der Waals surface area contributed by atoms with Gasteiger partial charge in [0.1, 0.15) is 6.54 Å². The summed E-state index contributed by atoms with van der Waals surface area (Å²) in [4.78, 5) is 13.5. The normalized spacial score (nSPS) is 19.0. The lowest BCUT2D eigenvalue weighted by molar-refractivity contribution is -0.122. The van der Waals surface area contributed by atoms with Crippen molar-refractivity contribution in [2.24, 2.45) is 7.05 Å². The van der Waals surface area contributed by atoms with Crippen LogP contribution in [0.2, 0.25) is 0 Å². The first-order chi connectivity index (χ1) is 12.1. The van der Waals surface area contributed by atoms with Gasteiger partial charge in [-0.2, -0.15) is 9.90 Å². The summed E-state index contributed by atoms with van der Waals surface area (Å²) in [5.41, 5.74) is 3.22. The Labute approximate surface area is 144 Å². The Bertz CT molecular complexity index is 896. The highest BCUT2D eigenvalue weighted by atomic mass is 16.2. The van der Waals surface area contributed by atoms with E-state index in [1.54, 1.807) is 4.68 Å². The number of tetrazole rings is 1. The van der Waals surface area contributed by atoms with Crippen LogP contribution >= 0.6 is 0 Å². The molecular weight excluding hydrogens is 318 g/mol. The molecule has 0 saturated heterocycles. The predicted octanol–water partition coefficient (Wildman–Crippen LogP) is 1.05. The van der Waals surface area contributed by atoms with Gasteiger partial charge in [-0.3, -0.25) is 9.48 Å². The van der Waals surface area contributed by atoms with Crippen LogP contribution in [0.15, 0.2) is 36.7 Å². The lowest BCUT2D eigenvalue weighted by Gasteiger charge is -2.03. The molecule has 3 aromatic rings. The summed E-state index contributed by atoms with van der Waals surface area (Å²) in [6.45, 7) is 2.09. The van der Waals surface area contributed by atoms with Crippen LogP contribution in [0.25, 0.3) is 11.4 Å². The van der Waals surface area contributed by atoms with Gasteiger partial charge in [-0.05, 0) is 24.1 Å². The molecule has 1 aliphatic carbocycles. The fourth-order valence-electron chi connectivity index (χ4n) is 2.86. The molecule has 0 radical (unpaired) electrons. The second-order valence-corrected chi connectivity index (χ2v) is 6.47. The largest absolute Gasteiger partial charge is 0.351 e. The van der Waals surface area contributed by atoms with Crippen LogP contribution in [-0.4, -0.2) is 41.9 Å². The Morgan fingerprint density at radius 1 is 1.32 bits per heavy atom. The average Bonchev–Trinajstić information content (AvgIpc) is 2.98. The maximum Gasteiger partial charge on any atom is 0.243 e. The van der Waals surface area contributed by atoms with Crippen molar-refractivity contribution in [3.05, 3.63) is 47.8 Å². The van der Waals surface area contributed by atoms with E-state index < -0.39 is 0 Å². The van der Waals surface area contributed by atoms with Gasteiger partial charge in [0.15, 0.2) is 0 Å². The van der Waals surface area contributed by atoms with Crippen molar-refractivity contribution in [3.63, 3.8) is 0 Å². The Hall–Kier alpha value is -3.03. The van der Waals surface area contributed by atoms with E-state index in [4.69, 9.17) is 0 Å². The van der Waals surface area contributed by atoms with Gasteiger partial charge in [0.25, 0.3) is 0 Å². The lowest BCUT2D eigenvalue weighted by atomic mass is 10.1. The van der Waals surface area contributed by atoms with E-state index in [1.165, 1.54) is 10.4 Å². The SMILES string of the molecule is Cc1ccc(-c2nnn(CC(=O)N[C@@H]3C[C@H]3c3cnn(C)c3)n2)cc1. The topological polar surface area (TPSA) is 90.5 Å². The number of rotatable bonds is 5. The quantitative estimate of drug-likeness (QED) is 0.752. The van der Waals surface area contributed by atoms with Crippen molar-refractivity contribution < 1.29 is 4.79 Å². The van der Waals surface area contributed by atoms with Crippen LogP contribution in [0, 0.1) is 6.92 Å². The van der Waals surface area contributed by atoms with Crippen molar-refractivity contribution >= 4 is 5.91 Å². The summed E-state index contributed by atoms with van der Waals surface area (Å²) in [7, 11) is 1.89. The van der Waals surface area contributed by atoms with Crippen LogP contribution in [-0.2, 0) is 18.4 Å². The number of benzene rings is 1. The molecule has 2 heterocycles. The molecule has 0 unspecified atom stereocenters. The summed E-state index contributed by atoms with van der Waals surface area (Å²) in [5, 5.41) is 19.4. The average molecular weight is 337 g/mol. The number of hydrogen-bond acceptors (Lipinski definition) is 5. The number of carbonyl (C=O) groups is 1. The first kappa shape index (κ1) is 15.5. The molecule has 25 heavy (non-hydrogen) atoms. The summed E-state index contributed by atoms with van der Waals surface area (Å²) in [5.74, 6) is 0.765. The zero-order valence-electron chi connectivity index (χ0n) is 14.1. The molecule has 1 saturated carbocycles. The third kappa shape index (κ3) is 3.42. The number of amides is 1. The monoisotopic (exact) mass is 337 g/mol. The third-order valence-electron chi connectivity index (χ3n) is 4.34. The van der Waals surface area contributed by atoms with E-state index in [2.05, 4.69) is 25.8 Å². The number of aromatic nitrogens is 6. The fraction of sp³-hybridized carbons (Fsp3) is 0.353. The minimum Gasteiger partial charge on any atom is -0.351 e. The molecule has 0 bridgehead atoms. The van der Waals surface area contributed by atoms with E-state index in [-0.39, 0.29) is 18.5 Å². The fourth-order valence-corrected chi connectivity index (χ4v) is 2.86. The molecule has 128 valence electrons. The van der Waals surface area contributed by atoms with Gasteiger partial charge >= 0.3 is 0 Å². The predicted molar refractivity (Wildman–Crippen MR) is 90.5 cm³/mol. The first-order valence-corrected chi connectivity index (χ1v) is 8.21. The molecule has 0 aliphatic heterocycles. The standard InChI is InChI=1S/C17H19N7O/c1-11-3-5-12(6-4-11)17-20-22-24(21-17)10-16(25)19-15-7-14(15)13-8-18-23(2)9-13/h3-6,8-9,14-15H,7,10H2,1-2H3,(H,19,25)/t14-,15+/m0/s1. The number of carbonyl (C=O) groups excluding carboxylic acids is 1. The van der Waals surface area contributed by atoms with Crippen molar-refractivity contribution in [3.8, 4) is 11.4 Å². The second kappa shape index (κ2) is 6.12. The molecular formula is C17H19N7O. The first-order valence-electron chi connectivity index (χ1n) is 8.21. The molecule has 2 aromatic heterocycles. The van der Waals surface area contributed by atoms with E-state index in [0.29, 0.717) is 11.7 Å². The van der Waals surface area contributed by atoms with Crippen LogP contribution in [0.5, 0.6) is 0 Å². The minimum atomic E-state index is -0.107. The van der Waals surface area contributed by atoms with Crippen LogP contribution < -0.4 is 5.32 Å². The van der Waals surface area contributed by atoms with Crippen LogP contribution in [0.4, 0.5) is 0 Å². The molecule has 0 spiro atoms. The molecule has 2 atom stereocenters. The van der Waals surface area contributed by atoms with E-state index >= 15 is 0 Å². The van der Waals surface area contributed by atoms with Gasteiger partial charge in [0, 0.05) is 30.8 Å². The Morgan fingerprint density at radius 2 is 2.12 bits per heavy atom. The van der Waals surface area contributed by atoms with Crippen LogP contribution in [0.1, 0.15) is 23.5 Å². The lowest BCUT2D eigenvalue weighted by Crippen LogP contribution is -2.31. The number of nitrogens with zero attached hydrogens (tertiary/aromatic N) is 6. The molecule has 8 heteroatoms. The van der Waals surface area contributed by atoms with Gasteiger partial charge in [-0.1, -0.05) is 29.8 Å². The molecule has 1 aromatic carbocycles. The van der Waals surface area contributed by atoms with Crippen molar-refractivity contribution in [2.75, 3.05) is 0 Å². The highest BCUT2D eigenvalue weighted by Crippen LogP contribution is 2.40. The van der Waals surface area contributed by atoms with Crippen LogP contribution in [0.3, 0.4) is 0 Å². The Kier molecular flexibility index (Phi) is 3.79. The Balaban J connectivity index is 1.34. The van der Waals surface area contributed by atoms with Gasteiger partial charge in [-0.15, -0.1) is 10.2 Å². The van der Waals surface area contributed by atoms with Crippen molar-refractivity contribution in [1.29, 1.82) is 0 Å². The number of hydrogen-bond donors (Lipinski definition) is 1. The highest BCUT2D eigenvalue weighted by Gasteiger charge is 2.40. The second-order valence-electron chi connectivity index (χ2n) is 6.47. The van der Waals surface area contributed by atoms with E-state index in [0.717, 1.165) is 17.5 Å². The van der Waals surface area contributed by atoms with Gasteiger partial charge in [0.05, 0.1) is 6.20 Å². The van der Waals surface area contributed by atoms with E-state index in [1.807, 2.05) is 50.6 Å². The summed E-state index contributed by atoms with van der Waals surface area (Å²) in [6.07, 6.45) is 4.78. The summed E-state index contributed by atoms with van der Waals surface area (Å²) in [6, 6.07) is 8.04. The Morgan fingerprint density at radius 3 is 2.84 bits per heavy atom. The maximum absolute atomic E-state index is 12.2. The number of aryl methyl sites for hydroxylation is 2. The van der Waals surface area contributed by atoms with Gasteiger partial charge in [-0.25, -0.2) is 0 Å². The molecule has 4 rings (SSSR count). The van der Waals surface area contributed by atoms with Gasteiger partial charge < -0.3 is 5.32 Å². The minimum absolute atomic E-state index is 0.0646. The highest BCUT2D eigenvalue weighted by molar-refractivity contribution is 5.76. The summed E-state index contributed by atoms with van der Waals surface area (Å²) < 4.78 is 1.78. The third-order valence-corrected chi connectivity index (χ3v) is 4.34. The van der Waals surface area contributed by atoms with Crippen molar-refractivity contribution in [1.82, 2.24) is 35.3 Å². The van der Waals surface area contributed by atoms with Gasteiger partial charge in [0.2, 0.25) is 11.7 Å². The smallest absolute Gasteiger partial charge is 0.243 e. The molecule has 1 N–H and O–H groups in total. The molecule has 8 nitrogen and oxygen atoms in total.